The summed E-state index contributed by atoms with van der Waals surface area (Å²) in [7, 11) is 2.94. The van der Waals surface area contributed by atoms with Crippen LogP contribution in [-0.2, 0) is 22.8 Å². The summed E-state index contributed by atoms with van der Waals surface area (Å²) < 4.78 is 25.7. The first-order valence-electron chi connectivity index (χ1n) is 12.9. The van der Waals surface area contributed by atoms with Crippen LogP contribution in [-0.4, -0.2) is 82.9 Å². The third-order valence-electron chi connectivity index (χ3n) is 6.97. The Kier molecular flexibility index (Phi) is 8.61. The molecule has 39 heavy (non-hydrogen) atoms. The standard InChI is InChI=1S/C28H34FN5O5/c1-6-30-26(36)24(35)23-15-33(16-38-4)25-21(23)11-22(27(31-25)39-5)28(37)34-13-17(2)32(12-18(34)3)14-19-7-9-20(29)10-8-19/h7-11,15,17-18H,6,12-14,16H2,1-5H3,(H,30,36)/t17-,18+/m0/s1. The molecule has 1 aromatic carbocycles. The SMILES string of the molecule is CCNC(=O)C(=O)c1cn(COC)c2nc(OC)c(C(=O)N3C[C@H](C)N(Cc4ccc(F)cc4)C[C@H]3C)cc12. The highest BCUT2D eigenvalue weighted by Gasteiger charge is 2.34. The van der Waals surface area contributed by atoms with Gasteiger partial charge in [0.25, 0.3) is 17.6 Å². The number of methoxy groups -OCH3 is 2. The Morgan fingerprint density at radius 3 is 2.44 bits per heavy atom. The number of ether oxygens (including phenoxy) is 2. The van der Waals surface area contributed by atoms with E-state index in [-0.39, 0.29) is 47.5 Å². The maximum atomic E-state index is 13.9. The van der Waals surface area contributed by atoms with Crippen LogP contribution in [0, 0.1) is 5.82 Å². The second-order valence-corrected chi connectivity index (χ2v) is 9.75. The van der Waals surface area contributed by atoms with Crippen LogP contribution in [0.2, 0.25) is 0 Å². The Bertz CT molecular complexity index is 1370. The van der Waals surface area contributed by atoms with Crippen molar-refractivity contribution in [2.75, 3.05) is 33.9 Å². The van der Waals surface area contributed by atoms with E-state index in [9.17, 15) is 18.8 Å². The summed E-state index contributed by atoms with van der Waals surface area (Å²) in [6.07, 6.45) is 1.51. The van der Waals surface area contributed by atoms with Crippen LogP contribution in [0.5, 0.6) is 5.88 Å². The quantitative estimate of drug-likeness (QED) is 0.329. The van der Waals surface area contributed by atoms with E-state index in [1.165, 1.54) is 32.5 Å². The zero-order chi connectivity index (χ0) is 28.3. The van der Waals surface area contributed by atoms with Crippen molar-refractivity contribution in [1.82, 2.24) is 24.7 Å². The van der Waals surface area contributed by atoms with E-state index in [2.05, 4.69) is 15.2 Å². The zero-order valence-electron chi connectivity index (χ0n) is 22.9. The number of carbonyl (C=O) groups is 3. The number of nitrogens with one attached hydrogen (secondary N) is 1. The van der Waals surface area contributed by atoms with Crippen molar-refractivity contribution in [3.63, 3.8) is 0 Å². The van der Waals surface area contributed by atoms with Gasteiger partial charge < -0.3 is 24.3 Å². The van der Waals surface area contributed by atoms with E-state index in [0.29, 0.717) is 37.2 Å². The maximum Gasteiger partial charge on any atom is 0.292 e. The molecular formula is C28H34FN5O5. The highest BCUT2D eigenvalue weighted by molar-refractivity contribution is 6.45. The molecule has 0 radical (unpaired) electrons. The minimum atomic E-state index is -0.739. The normalized spacial score (nSPS) is 17.8. The molecule has 10 nitrogen and oxygen atoms in total. The molecule has 3 heterocycles. The monoisotopic (exact) mass is 539 g/mol. The van der Waals surface area contributed by atoms with Crippen molar-refractivity contribution < 1.29 is 28.2 Å². The number of ketones is 1. The molecule has 2 amide bonds. The lowest BCUT2D eigenvalue weighted by Crippen LogP contribution is -2.57. The van der Waals surface area contributed by atoms with Gasteiger partial charge in [-0.15, -0.1) is 0 Å². The highest BCUT2D eigenvalue weighted by atomic mass is 19.1. The average Bonchev–Trinajstić information content (AvgIpc) is 3.27. The Balaban J connectivity index is 1.66. The second kappa shape index (κ2) is 11.9. The van der Waals surface area contributed by atoms with Gasteiger partial charge in [-0.05, 0) is 44.5 Å². The summed E-state index contributed by atoms with van der Waals surface area (Å²) >= 11 is 0. The molecule has 3 aromatic rings. The molecule has 1 fully saturated rings. The van der Waals surface area contributed by atoms with Gasteiger partial charge in [0.2, 0.25) is 5.88 Å². The Morgan fingerprint density at radius 1 is 1.08 bits per heavy atom. The first-order valence-corrected chi connectivity index (χ1v) is 12.9. The van der Waals surface area contributed by atoms with E-state index in [1.54, 1.807) is 34.6 Å². The molecule has 2 atom stereocenters. The van der Waals surface area contributed by atoms with E-state index >= 15 is 0 Å². The van der Waals surface area contributed by atoms with Crippen molar-refractivity contribution in [2.45, 2.75) is 46.1 Å². The van der Waals surface area contributed by atoms with Crippen LogP contribution in [0.25, 0.3) is 11.0 Å². The lowest BCUT2D eigenvalue weighted by atomic mass is 10.0. The molecule has 4 rings (SSSR count). The van der Waals surface area contributed by atoms with Gasteiger partial charge in [-0.25, -0.2) is 4.39 Å². The number of pyridine rings is 1. The van der Waals surface area contributed by atoms with E-state index in [0.717, 1.165) is 5.56 Å². The van der Waals surface area contributed by atoms with Crippen LogP contribution < -0.4 is 10.1 Å². The Morgan fingerprint density at radius 2 is 1.79 bits per heavy atom. The number of likely N-dealkylation sites (N-methyl/N-ethyl adjacent to an activating group) is 1. The van der Waals surface area contributed by atoms with Crippen LogP contribution in [0.1, 0.15) is 47.1 Å². The fourth-order valence-corrected chi connectivity index (χ4v) is 4.96. The molecule has 1 aliphatic rings. The average molecular weight is 540 g/mol. The number of rotatable bonds is 9. The molecular weight excluding hydrogens is 505 g/mol. The lowest BCUT2D eigenvalue weighted by molar-refractivity contribution is -0.116. The predicted molar refractivity (Wildman–Crippen MR) is 143 cm³/mol. The van der Waals surface area contributed by atoms with Crippen molar-refractivity contribution in [3.8, 4) is 5.88 Å². The second-order valence-electron chi connectivity index (χ2n) is 9.75. The molecule has 0 saturated carbocycles. The van der Waals surface area contributed by atoms with Crippen LogP contribution in [0.3, 0.4) is 0 Å². The van der Waals surface area contributed by atoms with Gasteiger partial charge in [-0.2, -0.15) is 4.98 Å². The summed E-state index contributed by atoms with van der Waals surface area (Å²) in [4.78, 5) is 47.8. The van der Waals surface area contributed by atoms with Gasteiger partial charge in [0.05, 0.1) is 12.7 Å². The molecule has 1 aliphatic heterocycles. The number of hydrogen-bond donors (Lipinski definition) is 1. The smallest absolute Gasteiger partial charge is 0.292 e. The van der Waals surface area contributed by atoms with Crippen molar-refractivity contribution in [2.24, 2.45) is 0 Å². The number of aromatic nitrogens is 2. The number of hydrogen-bond acceptors (Lipinski definition) is 7. The molecule has 1 saturated heterocycles. The summed E-state index contributed by atoms with van der Waals surface area (Å²) in [5.74, 6) is -1.90. The molecule has 0 bridgehead atoms. The molecule has 0 spiro atoms. The summed E-state index contributed by atoms with van der Waals surface area (Å²) in [5, 5.41) is 2.89. The summed E-state index contributed by atoms with van der Waals surface area (Å²) in [6, 6.07) is 7.91. The minimum Gasteiger partial charge on any atom is -0.480 e. The number of halogens is 1. The third-order valence-corrected chi connectivity index (χ3v) is 6.97. The number of amides is 2. The minimum absolute atomic E-state index is 0.0375. The van der Waals surface area contributed by atoms with Crippen molar-refractivity contribution in [1.29, 1.82) is 0 Å². The first-order chi connectivity index (χ1) is 18.7. The number of carbonyl (C=O) groups excluding carboxylic acids is 3. The molecule has 208 valence electrons. The molecule has 11 heteroatoms. The molecule has 1 N–H and O–H groups in total. The van der Waals surface area contributed by atoms with E-state index < -0.39 is 11.7 Å². The van der Waals surface area contributed by atoms with Gasteiger partial charge in [0, 0.05) is 57.0 Å². The first kappa shape index (κ1) is 28.2. The fourth-order valence-electron chi connectivity index (χ4n) is 4.96. The van der Waals surface area contributed by atoms with Gasteiger partial charge in [0.1, 0.15) is 23.8 Å². The largest absolute Gasteiger partial charge is 0.480 e. The summed E-state index contributed by atoms with van der Waals surface area (Å²) in [6.45, 7) is 7.85. The van der Waals surface area contributed by atoms with Gasteiger partial charge in [-0.1, -0.05) is 12.1 Å². The Hall–Kier alpha value is -3.83. The van der Waals surface area contributed by atoms with Crippen LogP contribution in [0.15, 0.2) is 36.5 Å². The molecule has 0 aliphatic carbocycles. The Labute approximate surface area is 226 Å². The van der Waals surface area contributed by atoms with Crippen molar-refractivity contribution >= 4 is 28.6 Å². The maximum absolute atomic E-state index is 13.9. The topological polar surface area (TPSA) is 106 Å². The van der Waals surface area contributed by atoms with E-state index in [1.807, 2.05) is 13.8 Å². The zero-order valence-corrected chi connectivity index (χ0v) is 22.9. The van der Waals surface area contributed by atoms with Gasteiger partial charge >= 0.3 is 0 Å². The number of nitrogens with zero attached hydrogens (tertiary/aromatic N) is 4. The molecule has 0 unspecified atom stereocenters. The van der Waals surface area contributed by atoms with Crippen LogP contribution >= 0.6 is 0 Å². The number of benzene rings is 1. The van der Waals surface area contributed by atoms with Gasteiger partial charge in [0.15, 0.2) is 0 Å². The van der Waals surface area contributed by atoms with Crippen molar-refractivity contribution in [3.05, 3.63) is 59.0 Å². The molecule has 2 aromatic heterocycles. The van der Waals surface area contributed by atoms with Crippen LogP contribution in [0.4, 0.5) is 4.39 Å². The number of Topliss-reactive ketones (excluding diaryl/α,β-unsaturated/α-hetero) is 1. The number of fused-ring (bicyclic) bond motifs is 1. The highest BCUT2D eigenvalue weighted by Crippen LogP contribution is 2.30. The van der Waals surface area contributed by atoms with E-state index in [4.69, 9.17) is 9.47 Å². The van der Waals surface area contributed by atoms with Gasteiger partial charge in [-0.3, -0.25) is 19.3 Å². The predicted octanol–water partition coefficient (Wildman–Crippen LogP) is 2.84. The number of piperazine rings is 1. The summed E-state index contributed by atoms with van der Waals surface area (Å²) in [5.41, 5.74) is 1.69. The third kappa shape index (κ3) is 5.79. The fraction of sp³-hybridized carbons (Fsp3) is 0.429. The lowest BCUT2D eigenvalue weighted by Gasteiger charge is -2.44.